The van der Waals surface area contributed by atoms with Crippen LogP contribution in [0.2, 0.25) is 5.02 Å². The molecule has 160 valence electrons. The number of carbonyl (C=O) groups is 1. The van der Waals surface area contributed by atoms with E-state index in [1.807, 2.05) is 24.3 Å². The van der Waals surface area contributed by atoms with Crippen LogP contribution in [0.4, 0.5) is 0 Å². The van der Waals surface area contributed by atoms with Gasteiger partial charge in [-0.15, -0.1) is 0 Å². The molecule has 2 aromatic rings. The normalized spacial score (nSPS) is 16.1. The Bertz CT molecular complexity index is 855. The van der Waals surface area contributed by atoms with Crippen molar-refractivity contribution in [3.8, 4) is 5.75 Å². The Labute approximate surface area is 184 Å². The summed E-state index contributed by atoms with van der Waals surface area (Å²) >= 11 is 5.94. The van der Waals surface area contributed by atoms with Crippen LogP contribution in [0.15, 0.2) is 54.6 Å². The molecule has 1 aliphatic heterocycles. The number of nitrogens with zero attached hydrogens (tertiary/aromatic N) is 1. The summed E-state index contributed by atoms with van der Waals surface area (Å²) in [5, 5.41) is 0.766. The van der Waals surface area contributed by atoms with Crippen molar-refractivity contribution in [3.63, 3.8) is 0 Å². The molecule has 0 aromatic heterocycles. The van der Waals surface area contributed by atoms with Gasteiger partial charge in [-0.3, -0.25) is 9.69 Å². The van der Waals surface area contributed by atoms with Gasteiger partial charge in [-0.2, -0.15) is 0 Å². The lowest BCUT2D eigenvalue weighted by molar-refractivity contribution is -0.151. The second-order valence-electron chi connectivity index (χ2n) is 8.10. The van der Waals surface area contributed by atoms with Crippen LogP contribution in [0.1, 0.15) is 25.0 Å². The highest BCUT2D eigenvalue weighted by Gasteiger charge is 2.32. The lowest BCUT2D eigenvalue weighted by atomic mass is 10.00. The molecule has 4 nitrogen and oxygen atoms in total. The van der Waals surface area contributed by atoms with Gasteiger partial charge in [0.15, 0.2) is 0 Å². The van der Waals surface area contributed by atoms with Crippen LogP contribution in [-0.4, -0.2) is 44.2 Å². The molecule has 2 aromatic carbocycles. The van der Waals surface area contributed by atoms with Crippen molar-refractivity contribution in [2.75, 3.05) is 33.4 Å². The van der Waals surface area contributed by atoms with E-state index in [0.29, 0.717) is 12.5 Å². The summed E-state index contributed by atoms with van der Waals surface area (Å²) < 4.78 is 10.7. The molecule has 0 radical (unpaired) electrons. The zero-order chi connectivity index (χ0) is 21.5. The predicted octanol–water partition coefficient (Wildman–Crippen LogP) is 5.11. The fourth-order valence-electron chi connectivity index (χ4n) is 3.55. The number of carbonyl (C=O) groups excluding carboxylic acids is 1. The summed E-state index contributed by atoms with van der Waals surface area (Å²) in [5.41, 5.74) is 3.67. The van der Waals surface area contributed by atoms with E-state index in [1.165, 1.54) is 23.8 Å². The Kier molecular flexibility index (Phi) is 7.94. The number of likely N-dealkylation sites (tertiary alicyclic amines) is 1. The van der Waals surface area contributed by atoms with E-state index in [0.717, 1.165) is 36.8 Å². The number of hydrogen-bond acceptors (Lipinski definition) is 4. The molecule has 0 saturated carbocycles. The molecule has 1 heterocycles. The minimum atomic E-state index is -0.106. The van der Waals surface area contributed by atoms with E-state index >= 15 is 0 Å². The van der Waals surface area contributed by atoms with Gasteiger partial charge in [0.25, 0.3) is 0 Å². The maximum Gasteiger partial charge on any atom is 0.311 e. The first kappa shape index (κ1) is 22.4. The molecule has 1 saturated heterocycles. The van der Waals surface area contributed by atoms with Gasteiger partial charge in [0.1, 0.15) is 5.75 Å². The summed E-state index contributed by atoms with van der Waals surface area (Å²) in [5.74, 6) is 1.23. The zero-order valence-electron chi connectivity index (χ0n) is 17.9. The van der Waals surface area contributed by atoms with E-state index in [2.05, 4.69) is 49.1 Å². The fraction of sp³-hybridized carbons (Fsp3) is 0.400. The Morgan fingerprint density at radius 1 is 1.17 bits per heavy atom. The van der Waals surface area contributed by atoms with Gasteiger partial charge in [-0.05, 0) is 60.2 Å². The first-order valence-corrected chi connectivity index (χ1v) is 10.8. The molecule has 30 heavy (non-hydrogen) atoms. The van der Waals surface area contributed by atoms with Crippen LogP contribution < -0.4 is 4.74 Å². The summed E-state index contributed by atoms with van der Waals surface area (Å²) in [6.45, 7) is 7.37. The lowest BCUT2D eigenvalue weighted by Gasteiger charge is -2.36. The monoisotopic (exact) mass is 427 g/mol. The molecule has 1 atom stereocenters. The quantitative estimate of drug-likeness (QED) is 0.521. The number of hydrogen-bond donors (Lipinski definition) is 0. The smallest absolute Gasteiger partial charge is 0.311 e. The molecule has 0 spiro atoms. The second kappa shape index (κ2) is 10.6. The molecule has 0 bridgehead atoms. The lowest BCUT2D eigenvalue weighted by Crippen LogP contribution is -2.50. The predicted molar refractivity (Wildman–Crippen MR) is 122 cm³/mol. The molecule has 5 heteroatoms. The van der Waals surface area contributed by atoms with Crippen molar-refractivity contribution in [3.05, 3.63) is 70.8 Å². The molecule has 0 aliphatic carbocycles. The average Bonchev–Trinajstić information content (AvgIpc) is 2.72. The topological polar surface area (TPSA) is 38.8 Å². The van der Waals surface area contributed by atoms with Crippen molar-refractivity contribution in [1.29, 1.82) is 0 Å². The third-order valence-corrected chi connectivity index (χ3v) is 5.74. The highest BCUT2D eigenvalue weighted by molar-refractivity contribution is 6.30. The van der Waals surface area contributed by atoms with E-state index < -0.39 is 0 Å². The second-order valence-corrected chi connectivity index (χ2v) is 8.53. The van der Waals surface area contributed by atoms with Gasteiger partial charge >= 0.3 is 5.97 Å². The molecule has 0 amide bonds. The van der Waals surface area contributed by atoms with Gasteiger partial charge in [-0.25, -0.2) is 0 Å². The Hall–Kier alpha value is -2.30. The number of allylic oxidation sites excluding steroid dienone is 1. The fourth-order valence-corrected chi connectivity index (χ4v) is 3.68. The van der Waals surface area contributed by atoms with E-state index in [4.69, 9.17) is 21.1 Å². The molecule has 3 rings (SSSR count). The maximum absolute atomic E-state index is 11.4. The van der Waals surface area contributed by atoms with Crippen molar-refractivity contribution < 1.29 is 14.3 Å². The molecule has 0 N–H and O–H groups in total. The number of benzene rings is 2. The van der Waals surface area contributed by atoms with Crippen LogP contribution in [0.3, 0.4) is 0 Å². The average molecular weight is 428 g/mol. The maximum atomic E-state index is 11.4. The van der Waals surface area contributed by atoms with Gasteiger partial charge in [-0.1, -0.05) is 48.9 Å². The summed E-state index contributed by atoms with van der Waals surface area (Å²) in [4.78, 5) is 13.7. The summed E-state index contributed by atoms with van der Waals surface area (Å²) in [6, 6.07) is 16.2. The highest BCUT2D eigenvalue weighted by Crippen LogP contribution is 2.21. The van der Waals surface area contributed by atoms with Gasteiger partial charge in [0.05, 0.1) is 19.6 Å². The van der Waals surface area contributed by atoms with Gasteiger partial charge in [0.2, 0.25) is 0 Å². The Balaban J connectivity index is 1.42. The SMILES string of the molecule is COC(=O)C1CN(C/C=C(\C)c2ccc(OC[C@@H](C)Cc3ccc(Cl)cc3)cc2)C1. The third-order valence-electron chi connectivity index (χ3n) is 5.49. The van der Waals surface area contributed by atoms with Crippen LogP contribution in [-0.2, 0) is 16.0 Å². The molecule has 0 unspecified atom stereocenters. The highest BCUT2D eigenvalue weighted by atomic mass is 35.5. The van der Waals surface area contributed by atoms with Crippen molar-refractivity contribution in [1.82, 2.24) is 4.90 Å². The molecule has 1 fully saturated rings. The van der Waals surface area contributed by atoms with Crippen molar-refractivity contribution in [2.45, 2.75) is 20.3 Å². The molecular weight excluding hydrogens is 398 g/mol. The van der Waals surface area contributed by atoms with Crippen LogP contribution in [0, 0.1) is 11.8 Å². The zero-order valence-corrected chi connectivity index (χ0v) is 18.7. The minimum absolute atomic E-state index is 0.0298. The van der Waals surface area contributed by atoms with Gasteiger partial charge < -0.3 is 9.47 Å². The van der Waals surface area contributed by atoms with Crippen LogP contribution >= 0.6 is 11.6 Å². The van der Waals surface area contributed by atoms with Gasteiger partial charge in [0, 0.05) is 24.7 Å². The molecule has 1 aliphatic rings. The number of halogens is 1. The molecular formula is C25H30ClNO3. The number of esters is 1. The van der Waals surface area contributed by atoms with Crippen molar-refractivity contribution in [2.24, 2.45) is 11.8 Å². The van der Waals surface area contributed by atoms with E-state index in [1.54, 1.807) is 0 Å². The number of methoxy groups -OCH3 is 1. The largest absolute Gasteiger partial charge is 0.493 e. The minimum Gasteiger partial charge on any atom is -0.493 e. The first-order valence-electron chi connectivity index (χ1n) is 10.4. The van der Waals surface area contributed by atoms with Crippen LogP contribution in [0.5, 0.6) is 5.75 Å². The van der Waals surface area contributed by atoms with E-state index in [9.17, 15) is 4.79 Å². The number of rotatable bonds is 9. The Morgan fingerprint density at radius 2 is 1.83 bits per heavy atom. The first-order chi connectivity index (χ1) is 14.4. The van der Waals surface area contributed by atoms with Crippen molar-refractivity contribution >= 4 is 23.1 Å². The van der Waals surface area contributed by atoms with Crippen LogP contribution in [0.25, 0.3) is 5.57 Å². The summed E-state index contributed by atoms with van der Waals surface area (Å²) in [6.07, 6.45) is 3.17. The summed E-state index contributed by atoms with van der Waals surface area (Å²) in [7, 11) is 1.45. The standard InChI is InChI=1S/C25H30ClNO3/c1-18(14-20-4-8-23(26)9-5-20)17-30-24-10-6-21(7-11-24)19(2)12-13-27-15-22(16-27)25(28)29-3/h4-12,18,22H,13-17H2,1-3H3/b19-12+/t18-/m0/s1. The Morgan fingerprint density at radius 3 is 2.47 bits per heavy atom. The number of ether oxygens (including phenoxy) is 2. The van der Waals surface area contributed by atoms with E-state index in [-0.39, 0.29) is 11.9 Å². The third kappa shape index (κ3) is 6.35.